The molecule has 0 saturated carbocycles. The molecule has 0 radical (unpaired) electrons. The minimum absolute atomic E-state index is 0.161. The third kappa shape index (κ3) is 8.45. The van der Waals surface area contributed by atoms with E-state index < -0.39 is 12.6 Å². The average molecular weight is 307 g/mol. The van der Waals surface area contributed by atoms with E-state index in [4.69, 9.17) is 4.74 Å². The lowest BCUT2D eigenvalue weighted by atomic mass is 10.2. The van der Waals surface area contributed by atoms with Crippen molar-refractivity contribution < 1.29 is 17.9 Å². The first-order valence-corrected chi connectivity index (χ1v) is 7.48. The fourth-order valence-electron chi connectivity index (χ4n) is 1.57. The van der Waals surface area contributed by atoms with Crippen molar-refractivity contribution in [3.05, 3.63) is 29.8 Å². The summed E-state index contributed by atoms with van der Waals surface area (Å²) in [6.07, 6.45) is -4.59. The topological polar surface area (TPSA) is 21.3 Å². The fraction of sp³-hybridized carbons (Fsp3) is 0.571. The molecule has 0 saturated heterocycles. The van der Waals surface area contributed by atoms with E-state index in [1.165, 1.54) is 11.8 Å². The molecule has 1 aromatic carbocycles. The van der Waals surface area contributed by atoms with E-state index in [1.807, 2.05) is 24.3 Å². The van der Waals surface area contributed by atoms with Gasteiger partial charge in [0.25, 0.3) is 0 Å². The Morgan fingerprint density at radius 3 is 2.50 bits per heavy atom. The van der Waals surface area contributed by atoms with Crippen molar-refractivity contribution in [1.29, 1.82) is 0 Å². The zero-order chi connectivity index (χ0) is 14.8. The third-order valence-electron chi connectivity index (χ3n) is 2.61. The first-order valence-electron chi connectivity index (χ1n) is 6.49. The molecule has 0 aliphatic rings. The summed E-state index contributed by atoms with van der Waals surface area (Å²) in [4.78, 5) is 1.01. The van der Waals surface area contributed by atoms with Gasteiger partial charge in [-0.2, -0.15) is 13.2 Å². The van der Waals surface area contributed by atoms with E-state index in [2.05, 4.69) is 5.32 Å². The molecule has 0 heterocycles. The second kappa shape index (κ2) is 9.26. The number of alkyl halides is 3. The van der Waals surface area contributed by atoms with Gasteiger partial charge in [-0.1, -0.05) is 12.1 Å². The van der Waals surface area contributed by atoms with Gasteiger partial charge in [-0.3, -0.25) is 0 Å². The lowest BCUT2D eigenvalue weighted by molar-refractivity contribution is -0.134. The van der Waals surface area contributed by atoms with Gasteiger partial charge in [-0.15, -0.1) is 11.8 Å². The van der Waals surface area contributed by atoms with Gasteiger partial charge in [0.1, 0.15) is 0 Å². The molecule has 0 amide bonds. The van der Waals surface area contributed by atoms with Crippen molar-refractivity contribution in [2.75, 3.05) is 26.0 Å². The van der Waals surface area contributed by atoms with Crippen LogP contribution in [0.5, 0.6) is 0 Å². The van der Waals surface area contributed by atoms with Crippen molar-refractivity contribution in [2.24, 2.45) is 0 Å². The summed E-state index contributed by atoms with van der Waals surface area (Å²) in [5.41, 5.74) is 1.15. The molecular weight excluding hydrogens is 287 g/mol. The van der Waals surface area contributed by atoms with Crippen molar-refractivity contribution in [3.8, 4) is 0 Å². The first kappa shape index (κ1) is 17.3. The van der Waals surface area contributed by atoms with Crippen LogP contribution in [0.2, 0.25) is 0 Å². The number of methoxy groups -OCH3 is 1. The molecular formula is C14H20F3NOS. The Morgan fingerprint density at radius 1 is 1.20 bits per heavy atom. The standard InChI is InChI=1S/C14H20F3NOS/c1-19-9-8-18-11-12-3-5-13(6-4-12)20-10-2-7-14(15,16)17/h3-6,18H,2,7-11H2,1H3. The number of hydrogen-bond acceptors (Lipinski definition) is 3. The highest BCUT2D eigenvalue weighted by atomic mass is 32.2. The minimum atomic E-state index is -4.04. The number of nitrogens with one attached hydrogen (secondary N) is 1. The number of ether oxygens (including phenoxy) is 1. The molecule has 0 bridgehead atoms. The summed E-state index contributed by atoms with van der Waals surface area (Å²) in [6.45, 7) is 2.24. The van der Waals surface area contributed by atoms with Crippen LogP contribution in [0.25, 0.3) is 0 Å². The Labute approximate surface area is 122 Å². The zero-order valence-electron chi connectivity index (χ0n) is 11.5. The highest BCUT2D eigenvalue weighted by molar-refractivity contribution is 7.99. The molecule has 0 aliphatic carbocycles. The summed E-state index contributed by atoms with van der Waals surface area (Å²) < 4.78 is 40.9. The van der Waals surface area contributed by atoms with Crippen LogP contribution in [-0.2, 0) is 11.3 Å². The molecule has 1 N–H and O–H groups in total. The highest BCUT2D eigenvalue weighted by Gasteiger charge is 2.25. The number of hydrogen-bond donors (Lipinski definition) is 1. The molecule has 0 spiro atoms. The van der Waals surface area contributed by atoms with Crippen molar-refractivity contribution in [2.45, 2.75) is 30.5 Å². The lowest BCUT2D eigenvalue weighted by Gasteiger charge is -2.07. The monoisotopic (exact) mass is 307 g/mol. The Bertz CT molecular complexity index is 368. The van der Waals surface area contributed by atoms with Crippen molar-refractivity contribution in [3.63, 3.8) is 0 Å². The maximum absolute atomic E-state index is 12.0. The molecule has 1 rings (SSSR count). The van der Waals surface area contributed by atoms with E-state index >= 15 is 0 Å². The fourth-order valence-corrected chi connectivity index (χ4v) is 2.43. The highest BCUT2D eigenvalue weighted by Crippen LogP contribution is 2.25. The Hall–Kier alpha value is -0.720. The smallest absolute Gasteiger partial charge is 0.383 e. The number of rotatable bonds is 9. The second-order valence-corrected chi connectivity index (χ2v) is 5.55. The Balaban J connectivity index is 2.21. The second-order valence-electron chi connectivity index (χ2n) is 4.38. The lowest BCUT2D eigenvalue weighted by Crippen LogP contribution is -2.18. The molecule has 2 nitrogen and oxygen atoms in total. The zero-order valence-corrected chi connectivity index (χ0v) is 12.3. The SMILES string of the molecule is COCCNCc1ccc(SCCCC(F)(F)F)cc1. The quantitative estimate of drug-likeness (QED) is 0.553. The molecule has 0 atom stereocenters. The van der Waals surface area contributed by atoms with Crippen LogP contribution in [0.4, 0.5) is 13.2 Å². The Kier molecular flexibility index (Phi) is 8.02. The summed E-state index contributed by atoms with van der Waals surface area (Å²) in [6, 6.07) is 7.88. The molecule has 0 aliphatic heterocycles. The van der Waals surface area contributed by atoms with Gasteiger partial charge >= 0.3 is 6.18 Å². The van der Waals surface area contributed by atoms with E-state index in [-0.39, 0.29) is 6.42 Å². The van der Waals surface area contributed by atoms with Gasteiger partial charge in [0.2, 0.25) is 0 Å². The van der Waals surface area contributed by atoms with Gasteiger partial charge < -0.3 is 10.1 Å². The summed E-state index contributed by atoms with van der Waals surface area (Å²) in [5.74, 6) is 0.491. The largest absolute Gasteiger partial charge is 0.389 e. The van der Waals surface area contributed by atoms with Gasteiger partial charge in [0.05, 0.1) is 6.61 Å². The van der Waals surface area contributed by atoms with E-state index in [0.29, 0.717) is 12.4 Å². The molecule has 20 heavy (non-hydrogen) atoms. The van der Waals surface area contributed by atoms with Crippen LogP contribution >= 0.6 is 11.8 Å². The molecule has 1 aromatic rings. The van der Waals surface area contributed by atoms with Crippen LogP contribution in [-0.4, -0.2) is 32.2 Å². The van der Waals surface area contributed by atoms with Crippen molar-refractivity contribution >= 4 is 11.8 Å². The predicted octanol–water partition coefficient (Wildman–Crippen LogP) is 3.86. The third-order valence-corrected chi connectivity index (χ3v) is 3.71. The van der Waals surface area contributed by atoms with Gasteiger partial charge in [0.15, 0.2) is 0 Å². The molecule has 114 valence electrons. The molecule has 0 aromatic heterocycles. The van der Waals surface area contributed by atoms with Gasteiger partial charge in [-0.25, -0.2) is 0 Å². The van der Waals surface area contributed by atoms with Crippen LogP contribution in [0.15, 0.2) is 29.2 Å². The molecule has 0 unspecified atom stereocenters. The Morgan fingerprint density at radius 2 is 1.90 bits per heavy atom. The molecule has 0 fully saturated rings. The summed E-state index contributed by atoms with van der Waals surface area (Å²) in [5, 5.41) is 3.23. The normalized spacial score (nSPS) is 11.8. The van der Waals surface area contributed by atoms with E-state index in [0.717, 1.165) is 23.5 Å². The number of thioether (sulfide) groups is 1. The van der Waals surface area contributed by atoms with Crippen molar-refractivity contribution in [1.82, 2.24) is 5.32 Å². The average Bonchev–Trinajstić information content (AvgIpc) is 2.40. The molecule has 6 heteroatoms. The summed E-state index contributed by atoms with van der Waals surface area (Å²) in [7, 11) is 1.66. The number of halogens is 3. The van der Waals surface area contributed by atoms with Crippen LogP contribution < -0.4 is 5.32 Å². The van der Waals surface area contributed by atoms with E-state index in [1.54, 1.807) is 7.11 Å². The predicted molar refractivity (Wildman–Crippen MR) is 76.0 cm³/mol. The van der Waals surface area contributed by atoms with Crippen LogP contribution in [0.3, 0.4) is 0 Å². The minimum Gasteiger partial charge on any atom is -0.383 e. The maximum atomic E-state index is 12.0. The van der Waals surface area contributed by atoms with E-state index in [9.17, 15) is 13.2 Å². The van der Waals surface area contributed by atoms with Crippen LogP contribution in [0, 0.1) is 0 Å². The number of benzene rings is 1. The summed E-state index contributed by atoms with van der Waals surface area (Å²) >= 11 is 1.46. The maximum Gasteiger partial charge on any atom is 0.389 e. The van der Waals surface area contributed by atoms with Crippen LogP contribution in [0.1, 0.15) is 18.4 Å². The first-order chi connectivity index (χ1) is 9.51. The van der Waals surface area contributed by atoms with Gasteiger partial charge in [0, 0.05) is 31.5 Å². The van der Waals surface area contributed by atoms with Gasteiger partial charge in [-0.05, 0) is 29.9 Å².